The molecule has 1 aromatic rings. The summed E-state index contributed by atoms with van der Waals surface area (Å²) in [6.45, 7) is 0. The first kappa shape index (κ1) is 14.1. The Morgan fingerprint density at radius 3 is 2.32 bits per heavy atom. The first-order valence-corrected chi connectivity index (χ1v) is 8.15. The maximum absolute atomic E-state index is 12.5. The van der Waals surface area contributed by atoms with Gasteiger partial charge in [-0.2, -0.15) is 0 Å². The van der Waals surface area contributed by atoms with Gasteiger partial charge in [-0.3, -0.25) is 4.79 Å². The SMILES string of the molecule is COC1=CC(=C(SC)SC)C(=O)N1c1ccccc1. The number of hydrogen-bond donors (Lipinski definition) is 0. The summed E-state index contributed by atoms with van der Waals surface area (Å²) in [4.78, 5) is 14.1. The van der Waals surface area contributed by atoms with E-state index in [0.717, 1.165) is 9.92 Å². The fraction of sp³-hybridized carbons (Fsp3) is 0.214. The molecule has 0 aliphatic carbocycles. The summed E-state index contributed by atoms with van der Waals surface area (Å²) in [7, 11) is 1.58. The Bertz CT molecular complexity index is 532. The van der Waals surface area contributed by atoms with Crippen molar-refractivity contribution in [2.45, 2.75) is 0 Å². The Morgan fingerprint density at radius 2 is 1.79 bits per heavy atom. The van der Waals surface area contributed by atoms with Crippen molar-refractivity contribution in [2.75, 3.05) is 24.5 Å². The molecule has 3 nitrogen and oxygen atoms in total. The van der Waals surface area contributed by atoms with Crippen LogP contribution in [0.1, 0.15) is 0 Å². The Labute approximate surface area is 121 Å². The zero-order valence-corrected chi connectivity index (χ0v) is 12.7. The van der Waals surface area contributed by atoms with Crippen molar-refractivity contribution in [1.29, 1.82) is 0 Å². The molecule has 19 heavy (non-hydrogen) atoms. The Balaban J connectivity index is 2.46. The van der Waals surface area contributed by atoms with Gasteiger partial charge < -0.3 is 4.74 Å². The van der Waals surface area contributed by atoms with Gasteiger partial charge in [-0.15, -0.1) is 23.5 Å². The van der Waals surface area contributed by atoms with Crippen LogP contribution in [-0.4, -0.2) is 25.5 Å². The zero-order valence-electron chi connectivity index (χ0n) is 11.0. The highest BCUT2D eigenvalue weighted by Crippen LogP contribution is 2.36. The van der Waals surface area contributed by atoms with E-state index >= 15 is 0 Å². The summed E-state index contributed by atoms with van der Waals surface area (Å²) in [5.41, 5.74) is 1.51. The van der Waals surface area contributed by atoms with Gasteiger partial charge in [0.1, 0.15) is 0 Å². The van der Waals surface area contributed by atoms with Gasteiger partial charge in [-0.05, 0) is 24.6 Å². The molecule has 0 N–H and O–H groups in total. The summed E-state index contributed by atoms with van der Waals surface area (Å²) in [6, 6.07) is 9.52. The quantitative estimate of drug-likeness (QED) is 0.795. The average Bonchev–Trinajstić information content (AvgIpc) is 2.78. The number of ether oxygens (including phenoxy) is 1. The summed E-state index contributed by atoms with van der Waals surface area (Å²) < 4.78 is 6.33. The molecule has 1 aromatic carbocycles. The van der Waals surface area contributed by atoms with E-state index < -0.39 is 0 Å². The normalized spacial score (nSPS) is 14.7. The summed E-state index contributed by atoms with van der Waals surface area (Å²) >= 11 is 3.15. The van der Waals surface area contributed by atoms with Gasteiger partial charge in [0.2, 0.25) is 5.88 Å². The molecule has 1 heterocycles. The van der Waals surface area contributed by atoms with Gasteiger partial charge in [0.15, 0.2) is 0 Å². The largest absolute Gasteiger partial charge is 0.482 e. The maximum atomic E-state index is 12.5. The lowest BCUT2D eigenvalue weighted by atomic mass is 10.3. The number of para-hydroxylation sites is 1. The topological polar surface area (TPSA) is 29.5 Å². The van der Waals surface area contributed by atoms with Crippen LogP contribution < -0.4 is 4.90 Å². The number of methoxy groups -OCH3 is 1. The molecule has 100 valence electrons. The second-order valence-corrected chi connectivity index (χ2v) is 5.66. The molecule has 2 rings (SSSR count). The number of benzene rings is 1. The van der Waals surface area contributed by atoms with Crippen LogP contribution in [-0.2, 0) is 9.53 Å². The lowest BCUT2D eigenvalue weighted by Crippen LogP contribution is -2.26. The fourth-order valence-corrected chi connectivity index (χ4v) is 3.29. The number of amides is 1. The summed E-state index contributed by atoms with van der Waals surface area (Å²) in [5.74, 6) is 0.522. The smallest absolute Gasteiger partial charge is 0.267 e. The van der Waals surface area contributed by atoms with Gasteiger partial charge in [0, 0.05) is 6.08 Å². The highest BCUT2D eigenvalue weighted by atomic mass is 32.2. The van der Waals surface area contributed by atoms with Crippen LogP contribution in [0.15, 0.2) is 52.1 Å². The zero-order chi connectivity index (χ0) is 13.8. The molecule has 1 aliphatic rings. The van der Waals surface area contributed by atoms with Crippen molar-refractivity contribution in [2.24, 2.45) is 0 Å². The van der Waals surface area contributed by atoms with Crippen LogP contribution in [0.3, 0.4) is 0 Å². The number of rotatable bonds is 4. The monoisotopic (exact) mass is 293 g/mol. The van der Waals surface area contributed by atoms with Gasteiger partial charge in [-0.1, -0.05) is 18.2 Å². The molecule has 5 heteroatoms. The molecule has 0 bridgehead atoms. The Morgan fingerprint density at radius 1 is 1.16 bits per heavy atom. The van der Waals surface area contributed by atoms with E-state index in [1.54, 1.807) is 41.6 Å². The van der Waals surface area contributed by atoms with Crippen molar-refractivity contribution in [3.05, 3.63) is 52.1 Å². The Hall–Kier alpha value is -1.33. The van der Waals surface area contributed by atoms with E-state index in [9.17, 15) is 4.79 Å². The van der Waals surface area contributed by atoms with Gasteiger partial charge in [0.05, 0.1) is 22.6 Å². The van der Waals surface area contributed by atoms with Crippen LogP contribution in [0.5, 0.6) is 0 Å². The number of thioether (sulfide) groups is 2. The number of carbonyl (C=O) groups is 1. The third-order valence-electron chi connectivity index (χ3n) is 2.74. The number of carbonyl (C=O) groups excluding carboxylic acids is 1. The maximum Gasteiger partial charge on any atom is 0.267 e. The third-order valence-corrected chi connectivity index (χ3v) is 4.92. The number of hydrogen-bond acceptors (Lipinski definition) is 4. The first-order chi connectivity index (χ1) is 9.22. The summed E-state index contributed by atoms with van der Waals surface area (Å²) in [6.07, 6.45) is 5.74. The number of anilines is 1. The molecule has 1 amide bonds. The van der Waals surface area contributed by atoms with Gasteiger partial charge in [-0.25, -0.2) is 4.90 Å². The molecule has 0 saturated carbocycles. The van der Waals surface area contributed by atoms with E-state index in [2.05, 4.69) is 0 Å². The van der Waals surface area contributed by atoms with Crippen LogP contribution in [0.2, 0.25) is 0 Å². The van der Waals surface area contributed by atoms with E-state index in [-0.39, 0.29) is 5.91 Å². The molecule has 1 aliphatic heterocycles. The second-order valence-electron chi connectivity index (χ2n) is 3.77. The van der Waals surface area contributed by atoms with Crippen LogP contribution in [0.25, 0.3) is 0 Å². The minimum absolute atomic E-state index is 0.0400. The van der Waals surface area contributed by atoms with Crippen molar-refractivity contribution in [1.82, 2.24) is 0 Å². The van der Waals surface area contributed by atoms with Crippen molar-refractivity contribution >= 4 is 35.1 Å². The molecular weight excluding hydrogens is 278 g/mol. The van der Waals surface area contributed by atoms with E-state index in [1.807, 2.05) is 42.8 Å². The molecule has 0 unspecified atom stereocenters. The molecule has 0 fully saturated rings. The van der Waals surface area contributed by atoms with Crippen LogP contribution in [0, 0.1) is 0 Å². The van der Waals surface area contributed by atoms with Crippen molar-refractivity contribution < 1.29 is 9.53 Å². The molecule has 0 atom stereocenters. The van der Waals surface area contributed by atoms with Gasteiger partial charge in [0.25, 0.3) is 5.91 Å². The standard InChI is InChI=1S/C14H15NO2S2/c1-17-12-9-11(14(18-2)19-3)13(16)15(12)10-7-5-4-6-8-10/h4-9H,1-3H3. The minimum Gasteiger partial charge on any atom is -0.482 e. The lowest BCUT2D eigenvalue weighted by Gasteiger charge is -2.18. The second kappa shape index (κ2) is 6.21. The lowest BCUT2D eigenvalue weighted by molar-refractivity contribution is -0.114. The molecular formula is C14H15NO2S2. The van der Waals surface area contributed by atoms with E-state index in [1.165, 1.54) is 0 Å². The van der Waals surface area contributed by atoms with E-state index in [4.69, 9.17) is 4.74 Å². The predicted molar refractivity (Wildman–Crippen MR) is 83.1 cm³/mol. The van der Waals surface area contributed by atoms with E-state index in [0.29, 0.717) is 11.5 Å². The molecule has 0 saturated heterocycles. The highest BCUT2D eigenvalue weighted by molar-refractivity contribution is 8.21. The highest BCUT2D eigenvalue weighted by Gasteiger charge is 2.32. The first-order valence-electron chi connectivity index (χ1n) is 5.70. The molecule has 0 radical (unpaired) electrons. The summed E-state index contributed by atoms with van der Waals surface area (Å²) in [5, 5.41) is 0. The average molecular weight is 293 g/mol. The van der Waals surface area contributed by atoms with Gasteiger partial charge >= 0.3 is 0 Å². The van der Waals surface area contributed by atoms with Crippen LogP contribution in [0.4, 0.5) is 5.69 Å². The molecule has 0 aromatic heterocycles. The minimum atomic E-state index is -0.0400. The predicted octanol–water partition coefficient (Wildman–Crippen LogP) is 3.46. The Kier molecular flexibility index (Phi) is 4.61. The third kappa shape index (κ3) is 2.67. The van der Waals surface area contributed by atoms with Crippen molar-refractivity contribution in [3.8, 4) is 0 Å². The van der Waals surface area contributed by atoms with Crippen molar-refractivity contribution in [3.63, 3.8) is 0 Å². The number of nitrogens with zero attached hydrogens (tertiary/aromatic N) is 1. The van der Waals surface area contributed by atoms with Crippen LogP contribution >= 0.6 is 23.5 Å². The fourth-order valence-electron chi connectivity index (χ4n) is 1.89. The molecule has 0 spiro atoms.